The Hall–Kier alpha value is -1.35. The highest BCUT2D eigenvalue weighted by Gasteiger charge is 2.20. The van der Waals surface area contributed by atoms with Crippen molar-refractivity contribution in [3.05, 3.63) is 35.3 Å². The van der Waals surface area contributed by atoms with Crippen molar-refractivity contribution in [2.45, 2.75) is 26.4 Å². The molecule has 1 aliphatic heterocycles. The van der Waals surface area contributed by atoms with Crippen molar-refractivity contribution in [2.24, 2.45) is 0 Å². The number of hydrogen-bond donors (Lipinski definition) is 1. The summed E-state index contributed by atoms with van der Waals surface area (Å²) in [6.07, 6.45) is 0.962. The van der Waals surface area contributed by atoms with Gasteiger partial charge in [-0.1, -0.05) is 19.1 Å². The van der Waals surface area contributed by atoms with E-state index in [0.29, 0.717) is 0 Å². The molecule has 0 fully saturated rings. The molecule has 3 heteroatoms. The van der Waals surface area contributed by atoms with Crippen LogP contribution in [-0.4, -0.2) is 11.1 Å². The summed E-state index contributed by atoms with van der Waals surface area (Å²) in [6.45, 7) is 4.79. The SMILES string of the molecule is CCc1c2n(c3c(F)cccc13)CCNC2. The van der Waals surface area contributed by atoms with Gasteiger partial charge in [0.1, 0.15) is 5.82 Å². The van der Waals surface area contributed by atoms with Gasteiger partial charge in [-0.2, -0.15) is 0 Å². The zero-order valence-corrected chi connectivity index (χ0v) is 9.39. The average Bonchev–Trinajstić information content (AvgIpc) is 2.64. The molecule has 1 aliphatic rings. The van der Waals surface area contributed by atoms with E-state index < -0.39 is 0 Å². The van der Waals surface area contributed by atoms with E-state index in [1.165, 1.54) is 11.3 Å². The predicted octanol–water partition coefficient (Wildman–Crippen LogP) is 2.45. The third-order valence-corrected chi connectivity index (χ3v) is 3.41. The Kier molecular flexibility index (Phi) is 2.21. The van der Waals surface area contributed by atoms with Crippen LogP contribution >= 0.6 is 0 Å². The van der Waals surface area contributed by atoms with E-state index in [-0.39, 0.29) is 5.82 Å². The van der Waals surface area contributed by atoms with Gasteiger partial charge in [-0.3, -0.25) is 0 Å². The minimum absolute atomic E-state index is 0.0969. The van der Waals surface area contributed by atoms with Gasteiger partial charge in [0, 0.05) is 30.7 Å². The first kappa shape index (κ1) is 9.85. The molecule has 2 nitrogen and oxygen atoms in total. The summed E-state index contributed by atoms with van der Waals surface area (Å²) in [5.41, 5.74) is 3.34. The van der Waals surface area contributed by atoms with Crippen LogP contribution in [-0.2, 0) is 19.5 Å². The van der Waals surface area contributed by atoms with Gasteiger partial charge in [0.05, 0.1) is 5.52 Å². The van der Waals surface area contributed by atoms with E-state index in [4.69, 9.17) is 0 Å². The number of halogens is 1. The van der Waals surface area contributed by atoms with Crippen LogP contribution in [0.15, 0.2) is 18.2 Å². The summed E-state index contributed by atoms with van der Waals surface area (Å²) in [5, 5.41) is 4.44. The highest BCUT2D eigenvalue weighted by Crippen LogP contribution is 2.29. The fourth-order valence-electron chi connectivity index (χ4n) is 2.73. The lowest BCUT2D eigenvalue weighted by atomic mass is 10.1. The summed E-state index contributed by atoms with van der Waals surface area (Å²) in [4.78, 5) is 0. The van der Waals surface area contributed by atoms with Gasteiger partial charge in [0.2, 0.25) is 0 Å². The Morgan fingerprint density at radius 3 is 3.12 bits per heavy atom. The number of nitrogens with one attached hydrogen (secondary N) is 1. The van der Waals surface area contributed by atoms with Crippen molar-refractivity contribution in [3.63, 3.8) is 0 Å². The van der Waals surface area contributed by atoms with E-state index in [2.05, 4.69) is 16.8 Å². The summed E-state index contributed by atoms with van der Waals surface area (Å²) in [5.74, 6) is -0.0969. The Morgan fingerprint density at radius 1 is 1.44 bits per heavy atom. The summed E-state index contributed by atoms with van der Waals surface area (Å²) < 4.78 is 16.0. The molecule has 0 amide bonds. The second kappa shape index (κ2) is 3.59. The maximum atomic E-state index is 13.9. The number of aromatic nitrogens is 1. The van der Waals surface area contributed by atoms with E-state index in [1.54, 1.807) is 12.1 Å². The van der Waals surface area contributed by atoms with Crippen molar-refractivity contribution in [1.29, 1.82) is 0 Å². The smallest absolute Gasteiger partial charge is 0.147 e. The molecule has 2 aromatic rings. The molecule has 3 rings (SSSR count). The molecular weight excluding hydrogens is 203 g/mol. The van der Waals surface area contributed by atoms with Gasteiger partial charge < -0.3 is 9.88 Å². The van der Waals surface area contributed by atoms with E-state index in [9.17, 15) is 4.39 Å². The van der Waals surface area contributed by atoms with E-state index in [0.717, 1.165) is 37.0 Å². The zero-order valence-electron chi connectivity index (χ0n) is 9.39. The van der Waals surface area contributed by atoms with Crippen LogP contribution in [0.5, 0.6) is 0 Å². The molecule has 84 valence electrons. The van der Waals surface area contributed by atoms with Gasteiger partial charge in [-0.15, -0.1) is 0 Å². The Morgan fingerprint density at radius 2 is 2.31 bits per heavy atom. The number of rotatable bonds is 1. The molecule has 0 radical (unpaired) electrons. The fraction of sp³-hybridized carbons (Fsp3) is 0.385. The van der Waals surface area contributed by atoms with Crippen molar-refractivity contribution in [3.8, 4) is 0 Å². The number of nitrogens with zero attached hydrogens (tertiary/aromatic N) is 1. The number of aryl methyl sites for hydroxylation is 1. The summed E-state index contributed by atoms with van der Waals surface area (Å²) in [7, 11) is 0. The molecule has 1 N–H and O–H groups in total. The molecule has 0 bridgehead atoms. The number of hydrogen-bond acceptors (Lipinski definition) is 1. The summed E-state index contributed by atoms with van der Waals surface area (Å²) in [6, 6.07) is 5.38. The molecule has 0 unspecified atom stereocenters. The summed E-state index contributed by atoms with van der Waals surface area (Å²) >= 11 is 0. The second-order valence-electron chi connectivity index (χ2n) is 4.24. The first-order valence-corrected chi connectivity index (χ1v) is 5.82. The minimum atomic E-state index is -0.0969. The van der Waals surface area contributed by atoms with Gasteiger partial charge in [0.15, 0.2) is 0 Å². The third-order valence-electron chi connectivity index (χ3n) is 3.41. The molecule has 2 heterocycles. The number of benzene rings is 1. The monoisotopic (exact) mass is 218 g/mol. The van der Waals surface area contributed by atoms with Crippen LogP contribution < -0.4 is 5.32 Å². The number of fused-ring (bicyclic) bond motifs is 3. The largest absolute Gasteiger partial charge is 0.339 e. The molecular formula is C13H15FN2. The van der Waals surface area contributed by atoms with Crippen molar-refractivity contribution in [1.82, 2.24) is 9.88 Å². The molecule has 0 atom stereocenters. The topological polar surface area (TPSA) is 17.0 Å². The molecule has 1 aromatic carbocycles. The molecule has 0 aliphatic carbocycles. The average molecular weight is 218 g/mol. The van der Waals surface area contributed by atoms with Crippen LogP contribution in [0.3, 0.4) is 0 Å². The molecule has 0 saturated carbocycles. The van der Waals surface area contributed by atoms with E-state index in [1.807, 2.05) is 6.07 Å². The van der Waals surface area contributed by atoms with Crippen LogP contribution in [0.1, 0.15) is 18.2 Å². The van der Waals surface area contributed by atoms with Gasteiger partial charge in [-0.05, 0) is 18.1 Å². The van der Waals surface area contributed by atoms with Crippen LogP contribution in [0.25, 0.3) is 10.9 Å². The third kappa shape index (κ3) is 1.21. The minimum Gasteiger partial charge on any atom is -0.339 e. The quantitative estimate of drug-likeness (QED) is 0.778. The van der Waals surface area contributed by atoms with Crippen LogP contribution in [0.4, 0.5) is 4.39 Å². The zero-order chi connectivity index (χ0) is 11.1. The normalized spacial score (nSPS) is 15.4. The first-order chi connectivity index (χ1) is 7.83. The molecule has 16 heavy (non-hydrogen) atoms. The van der Waals surface area contributed by atoms with Gasteiger partial charge in [-0.25, -0.2) is 4.39 Å². The standard InChI is InChI=1S/C13H15FN2/c1-2-9-10-4-3-5-11(14)13(10)16-7-6-15-8-12(9)16/h3-5,15H,2,6-8H2,1H3. The fourth-order valence-corrected chi connectivity index (χ4v) is 2.73. The molecule has 0 spiro atoms. The first-order valence-electron chi connectivity index (χ1n) is 5.82. The van der Waals surface area contributed by atoms with Crippen molar-refractivity contribution >= 4 is 10.9 Å². The van der Waals surface area contributed by atoms with Crippen LogP contribution in [0.2, 0.25) is 0 Å². The lowest BCUT2D eigenvalue weighted by molar-refractivity contribution is 0.516. The second-order valence-corrected chi connectivity index (χ2v) is 4.24. The Balaban J connectivity index is 2.42. The predicted molar refractivity (Wildman–Crippen MR) is 63.0 cm³/mol. The maximum Gasteiger partial charge on any atom is 0.147 e. The van der Waals surface area contributed by atoms with Crippen molar-refractivity contribution in [2.75, 3.05) is 6.54 Å². The lowest BCUT2D eigenvalue weighted by Crippen LogP contribution is -2.28. The lowest BCUT2D eigenvalue weighted by Gasteiger charge is -2.18. The highest BCUT2D eigenvalue weighted by molar-refractivity contribution is 5.86. The Labute approximate surface area is 94.1 Å². The highest BCUT2D eigenvalue weighted by atomic mass is 19.1. The molecule has 0 saturated heterocycles. The number of para-hydroxylation sites is 1. The van der Waals surface area contributed by atoms with Crippen LogP contribution in [0, 0.1) is 5.82 Å². The maximum absolute atomic E-state index is 13.9. The molecule has 1 aromatic heterocycles. The Bertz CT molecular complexity index is 542. The van der Waals surface area contributed by atoms with Crippen molar-refractivity contribution < 1.29 is 4.39 Å². The van der Waals surface area contributed by atoms with Gasteiger partial charge >= 0.3 is 0 Å². The van der Waals surface area contributed by atoms with Gasteiger partial charge in [0.25, 0.3) is 0 Å². The van der Waals surface area contributed by atoms with E-state index >= 15 is 0 Å².